The first-order valence-corrected chi connectivity index (χ1v) is 9.24. The Bertz CT molecular complexity index is 661. The number of rotatable bonds is 5. The van der Waals surface area contributed by atoms with Crippen molar-refractivity contribution in [3.05, 3.63) is 28.8 Å². The maximum absolute atomic E-state index is 12.6. The van der Waals surface area contributed by atoms with E-state index in [1.54, 1.807) is 0 Å². The number of carbonyl (C=O) groups excluding carboxylic acids is 1. The van der Waals surface area contributed by atoms with Crippen LogP contribution in [0.25, 0.3) is 0 Å². The van der Waals surface area contributed by atoms with Crippen molar-refractivity contribution >= 4 is 27.4 Å². The van der Waals surface area contributed by atoms with Gasteiger partial charge in [0.25, 0.3) is 0 Å². The van der Waals surface area contributed by atoms with Crippen LogP contribution in [0.3, 0.4) is 0 Å². The van der Waals surface area contributed by atoms with E-state index in [-0.39, 0.29) is 27.7 Å². The molecule has 2 unspecified atom stereocenters. The van der Waals surface area contributed by atoms with E-state index in [0.29, 0.717) is 12.1 Å². The van der Waals surface area contributed by atoms with Crippen molar-refractivity contribution in [3.63, 3.8) is 0 Å². The van der Waals surface area contributed by atoms with Gasteiger partial charge in [-0.25, -0.2) is 13.1 Å². The van der Waals surface area contributed by atoms with Gasteiger partial charge >= 0.3 is 0 Å². The lowest BCUT2D eigenvalue weighted by molar-refractivity contribution is 0.101. The third-order valence-corrected chi connectivity index (χ3v) is 6.12. The van der Waals surface area contributed by atoms with Crippen LogP contribution in [0, 0.1) is 5.92 Å². The van der Waals surface area contributed by atoms with Crippen LogP contribution in [0.4, 0.5) is 0 Å². The number of ketones is 1. The summed E-state index contributed by atoms with van der Waals surface area (Å²) in [6.07, 6.45) is 3.74. The number of hydrogen-bond donors (Lipinski definition) is 2. The van der Waals surface area contributed by atoms with E-state index >= 15 is 0 Å². The topological polar surface area (TPSA) is 89.3 Å². The quantitative estimate of drug-likeness (QED) is 0.802. The molecule has 5 nitrogen and oxygen atoms in total. The van der Waals surface area contributed by atoms with Gasteiger partial charge in [0.15, 0.2) is 5.78 Å². The Morgan fingerprint density at radius 2 is 2.05 bits per heavy atom. The van der Waals surface area contributed by atoms with Crippen LogP contribution in [-0.2, 0) is 10.0 Å². The molecule has 122 valence electrons. The summed E-state index contributed by atoms with van der Waals surface area (Å²) >= 11 is 6.02. The molecular weight excluding hydrogens is 324 g/mol. The molecule has 0 amide bonds. The molecule has 0 bridgehead atoms. The maximum atomic E-state index is 12.6. The van der Waals surface area contributed by atoms with Gasteiger partial charge in [-0.2, -0.15) is 0 Å². The largest absolute Gasteiger partial charge is 0.330 e. The first kappa shape index (κ1) is 17.4. The van der Waals surface area contributed by atoms with Crippen molar-refractivity contribution in [1.82, 2.24) is 4.72 Å². The molecule has 0 heterocycles. The van der Waals surface area contributed by atoms with Crippen LogP contribution in [0.15, 0.2) is 23.1 Å². The molecule has 2 atom stereocenters. The molecule has 0 radical (unpaired) electrons. The van der Waals surface area contributed by atoms with Gasteiger partial charge in [-0.3, -0.25) is 4.79 Å². The van der Waals surface area contributed by atoms with Crippen LogP contribution >= 0.6 is 11.6 Å². The Morgan fingerprint density at radius 1 is 1.36 bits per heavy atom. The highest BCUT2D eigenvalue weighted by Gasteiger charge is 2.29. The Labute approximate surface area is 136 Å². The highest BCUT2D eigenvalue weighted by atomic mass is 35.5. The normalized spacial score (nSPS) is 22.5. The lowest BCUT2D eigenvalue weighted by Crippen LogP contribution is -2.44. The van der Waals surface area contributed by atoms with Gasteiger partial charge < -0.3 is 5.73 Å². The molecule has 1 fully saturated rings. The third-order valence-electron chi connectivity index (χ3n) is 4.15. The minimum Gasteiger partial charge on any atom is -0.330 e. The standard InChI is InChI=1S/C15H21ClN2O3S/c1-10(19)11-6-7-13(16)15(8-11)22(20,21)18-14-5-3-2-4-12(14)9-17/h6-8,12,14,18H,2-5,9,17H2,1H3. The average Bonchev–Trinajstić information content (AvgIpc) is 2.47. The number of nitrogens with two attached hydrogens (primary N) is 1. The minimum atomic E-state index is -3.78. The Hall–Kier alpha value is -0.950. The summed E-state index contributed by atoms with van der Waals surface area (Å²) in [5, 5.41) is 0.109. The monoisotopic (exact) mass is 344 g/mol. The highest BCUT2D eigenvalue weighted by Crippen LogP contribution is 2.27. The molecule has 1 aliphatic carbocycles. The Kier molecular flexibility index (Phi) is 5.60. The second-order valence-corrected chi connectivity index (χ2v) is 7.80. The van der Waals surface area contributed by atoms with Crippen LogP contribution in [0.1, 0.15) is 43.0 Å². The number of benzene rings is 1. The third kappa shape index (κ3) is 3.87. The number of hydrogen-bond acceptors (Lipinski definition) is 4. The van der Waals surface area contributed by atoms with Gasteiger partial charge in [-0.1, -0.05) is 24.4 Å². The van der Waals surface area contributed by atoms with Crippen LogP contribution in [-0.4, -0.2) is 26.8 Å². The molecule has 1 aromatic rings. The molecule has 1 aromatic carbocycles. The Balaban J connectivity index is 2.30. The van der Waals surface area contributed by atoms with Gasteiger partial charge in [-0.15, -0.1) is 0 Å². The number of carbonyl (C=O) groups is 1. The molecule has 0 spiro atoms. The van der Waals surface area contributed by atoms with Crippen LogP contribution in [0.5, 0.6) is 0 Å². The van der Waals surface area contributed by atoms with Crippen LogP contribution in [0.2, 0.25) is 5.02 Å². The first-order valence-electron chi connectivity index (χ1n) is 7.38. The summed E-state index contributed by atoms with van der Waals surface area (Å²) in [4.78, 5) is 11.4. The van der Waals surface area contributed by atoms with Gasteiger partial charge in [-0.05, 0) is 50.4 Å². The zero-order valence-electron chi connectivity index (χ0n) is 12.5. The van der Waals surface area contributed by atoms with Crippen LogP contribution < -0.4 is 10.5 Å². The van der Waals surface area contributed by atoms with E-state index in [1.807, 2.05) is 0 Å². The van der Waals surface area contributed by atoms with E-state index in [1.165, 1.54) is 25.1 Å². The summed E-state index contributed by atoms with van der Waals surface area (Å²) in [5.41, 5.74) is 6.06. The van der Waals surface area contributed by atoms with Crippen molar-refractivity contribution in [2.24, 2.45) is 11.7 Å². The number of halogens is 1. The second-order valence-electron chi connectivity index (χ2n) is 5.71. The summed E-state index contributed by atoms with van der Waals surface area (Å²) in [6, 6.07) is 4.11. The fourth-order valence-corrected chi connectivity index (χ4v) is 4.70. The molecule has 2 rings (SSSR count). The zero-order valence-corrected chi connectivity index (χ0v) is 14.1. The molecule has 3 N–H and O–H groups in total. The summed E-state index contributed by atoms with van der Waals surface area (Å²) < 4.78 is 27.9. The number of Topliss-reactive ketones (excluding diaryl/α,β-unsaturated/α-hetero) is 1. The molecule has 0 aromatic heterocycles. The van der Waals surface area contributed by atoms with Crippen molar-refractivity contribution in [2.75, 3.05) is 6.54 Å². The van der Waals surface area contributed by atoms with Gasteiger partial charge in [0.1, 0.15) is 4.90 Å². The fourth-order valence-electron chi connectivity index (χ4n) is 2.84. The average molecular weight is 345 g/mol. The Morgan fingerprint density at radius 3 is 2.68 bits per heavy atom. The predicted octanol–water partition coefficient (Wildman–Crippen LogP) is 2.34. The van der Waals surface area contributed by atoms with Crippen molar-refractivity contribution in [1.29, 1.82) is 0 Å². The molecular formula is C15H21ClN2O3S. The maximum Gasteiger partial charge on any atom is 0.242 e. The van der Waals surface area contributed by atoms with Gasteiger partial charge in [0.2, 0.25) is 10.0 Å². The zero-order chi connectivity index (χ0) is 16.3. The summed E-state index contributed by atoms with van der Waals surface area (Å²) in [7, 11) is -3.78. The van der Waals surface area contributed by atoms with Crippen molar-refractivity contribution in [3.8, 4) is 0 Å². The second kappa shape index (κ2) is 7.08. The minimum absolute atomic E-state index is 0.0526. The van der Waals surface area contributed by atoms with Crippen molar-refractivity contribution in [2.45, 2.75) is 43.5 Å². The summed E-state index contributed by atoms with van der Waals surface area (Å²) in [6.45, 7) is 1.84. The molecule has 7 heteroatoms. The fraction of sp³-hybridized carbons (Fsp3) is 0.533. The molecule has 0 aliphatic heterocycles. The molecule has 1 saturated carbocycles. The lowest BCUT2D eigenvalue weighted by Gasteiger charge is -2.31. The molecule has 22 heavy (non-hydrogen) atoms. The highest BCUT2D eigenvalue weighted by molar-refractivity contribution is 7.89. The van der Waals surface area contributed by atoms with Gasteiger partial charge in [0, 0.05) is 11.6 Å². The van der Waals surface area contributed by atoms with Gasteiger partial charge in [0.05, 0.1) is 5.02 Å². The summed E-state index contributed by atoms with van der Waals surface area (Å²) in [5.74, 6) is -0.0658. The van der Waals surface area contributed by atoms with E-state index in [0.717, 1.165) is 25.7 Å². The first-order chi connectivity index (χ1) is 10.3. The van der Waals surface area contributed by atoms with Crippen molar-refractivity contribution < 1.29 is 13.2 Å². The molecule has 1 aliphatic rings. The SMILES string of the molecule is CC(=O)c1ccc(Cl)c(S(=O)(=O)NC2CCCCC2CN)c1. The van der Waals surface area contributed by atoms with E-state index < -0.39 is 10.0 Å². The lowest BCUT2D eigenvalue weighted by atomic mass is 9.85. The number of nitrogens with one attached hydrogen (secondary N) is 1. The van der Waals surface area contributed by atoms with E-state index in [9.17, 15) is 13.2 Å². The number of sulfonamides is 1. The van der Waals surface area contributed by atoms with E-state index in [4.69, 9.17) is 17.3 Å². The molecule has 0 saturated heterocycles. The van der Waals surface area contributed by atoms with E-state index in [2.05, 4.69) is 4.72 Å². The smallest absolute Gasteiger partial charge is 0.242 e. The predicted molar refractivity (Wildman–Crippen MR) is 86.6 cm³/mol.